The van der Waals surface area contributed by atoms with Crippen LogP contribution in [0.2, 0.25) is 0 Å². The second-order valence-electron chi connectivity index (χ2n) is 4.69. The summed E-state index contributed by atoms with van der Waals surface area (Å²) < 4.78 is 0. The molecule has 0 saturated heterocycles. The van der Waals surface area contributed by atoms with E-state index >= 15 is 0 Å². The molecule has 1 aromatic heterocycles. The Hall–Kier alpha value is -2.73. The second kappa shape index (κ2) is 7.51. The van der Waals surface area contributed by atoms with Crippen molar-refractivity contribution in [3.8, 4) is 0 Å². The van der Waals surface area contributed by atoms with E-state index in [-0.39, 0.29) is 11.7 Å². The van der Waals surface area contributed by atoms with E-state index in [1.165, 1.54) is 18.1 Å². The first kappa shape index (κ1) is 15.2. The fourth-order valence-electron chi connectivity index (χ4n) is 1.98. The first-order valence-corrected chi connectivity index (χ1v) is 8.01. The van der Waals surface area contributed by atoms with E-state index in [1.807, 2.05) is 54.6 Å². The number of carbonyl (C=O) groups excluding carboxylic acids is 1. The Morgan fingerprint density at radius 2 is 1.87 bits per heavy atom. The Labute approximate surface area is 137 Å². The highest BCUT2D eigenvalue weighted by molar-refractivity contribution is 8.00. The minimum atomic E-state index is -0.176. The van der Waals surface area contributed by atoms with Crippen LogP contribution >= 0.6 is 11.8 Å². The lowest BCUT2D eigenvalue weighted by atomic mass is 10.2. The van der Waals surface area contributed by atoms with Gasteiger partial charge in [-0.2, -0.15) is 5.10 Å². The molecule has 0 aliphatic rings. The van der Waals surface area contributed by atoms with Crippen LogP contribution in [0.3, 0.4) is 0 Å². The molecule has 0 radical (unpaired) electrons. The highest BCUT2D eigenvalue weighted by Gasteiger charge is 2.06. The fraction of sp³-hybridized carbons (Fsp3) is 0.0588. The van der Waals surface area contributed by atoms with Crippen LogP contribution in [0.1, 0.15) is 5.56 Å². The highest BCUT2D eigenvalue weighted by atomic mass is 32.2. The number of aromatic nitrogens is 2. The predicted octanol–water partition coefficient (Wildman–Crippen LogP) is 2.87. The van der Waals surface area contributed by atoms with Crippen molar-refractivity contribution in [1.29, 1.82) is 0 Å². The third kappa shape index (κ3) is 4.14. The van der Waals surface area contributed by atoms with Crippen LogP contribution in [0.25, 0.3) is 10.9 Å². The normalized spacial score (nSPS) is 11.0. The number of para-hydroxylation sites is 1. The van der Waals surface area contributed by atoms with Gasteiger partial charge in [0, 0.05) is 5.39 Å². The monoisotopic (exact) mass is 322 g/mol. The van der Waals surface area contributed by atoms with Crippen LogP contribution in [-0.2, 0) is 4.79 Å². The zero-order valence-corrected chi connectivity index (χ0v) is 13.0. The molecule has 0 atom stereocenters. The number of nitrogens with one attached hydrogen (secondary N) is 1. The van der Waals surface area contributed by atoms with Gasteiger partial charge in [0.25, 0.3) is 0 Å². The fourth-order valence-corrected chi connectivity index (χ4v) is 2.76. The molecule has 1 heterocycles. The van der Waals surface area contributed by atoms with E-state index < -0.39 is 0 Å². The van der Waals surface area contributed by atoms with Crippen molar-refractivity contribution in [2.24, 2.45) is 5.10 Å². The largest absolute Gasteiger partial charge is 0.272 e. The molecule has 2 aromatic carbocycles. The Morgan fingerprint density at radius 3 is 2.74 bits per heavy atom. The Balaban J connectivity index is 1.57. The summed E-state index contributed by atoms with van der Waals surface area (Å²) in [7, 11) is 0. The SMILES string of the molecule is O=C(CSc1ncnc2ccccc12)N/N=C/c1ccccc1. The number of hydrazone groups is 1. The molecule has 6 heteroatoms. The molecule has 0 bridgehead atoms. The molecule has 114 valence electrons. The van der Waals surface area contributed by atoms with Gasteiger partial charge in [0.05, 0.1) is 17.5 Å². The molecule has 0 saturated carbocycles. The number of thioether (sulfide) groups is 1. The van der Waals surface area contributed by atoms with Crippen molar-refractivity contribution < 1.29 is 4.79 Å². The Bertz CT molecular complexity index is 831. The summed E-state index contributed by atoms with van der Waals surface area (Å²) in [5.74, 6) is 0.0671. The van der Waals surface area contributed by atoms with Crippen LogP contribution in [0, 0.1) is 0 Å². The maximum Gasteiger partial charge on any atom is 0.250 e. The molecule has 5 nitrogen and oxygen atoms in total. The van der Waals surface area contributed by atoms with E-state index in [0.717, 1.165) is 21.5 Å². The van der Waals surface area contributed by atoms with Crippen molar-refractivity contribution in [3.63, 3.8) is 0 Å². The number of nitrogens with zero attached hydrogens (tertiary/aromatic N) is 3. The maximum atomic E-state index is 11.9. The molecule has 0 unspecified atom stereocenters. The zero-order valence-electron chi connectivity index (χ0n) is 12.2. The predicted molar refractivity (Wildman–Crippen MR) is 92.4 cm³/mol. The van der Waals surface area contributed by atoms with Gasteiger partial charge in [-0.25, -0.2) is 15.4 Å². The average molecular weight is 322 g/mol. The number of hydrogen-bond donors (Lipinski definition) is 1. The first-order valence-electron chi connectivity index (χ1n) is 7.02. The number of fused-ring (bicyclic) bond motifs is 1. The molecule has 3 aromatic rings. The minimum absolute atomic E-state index is 0.176. The van der Waals surface area contributed by atoms with Gasteiger partial charge in [0.1, 0.15) is 11.4 Å². The van der Waals surface area contributed by atoms with Crippen LogP contribution < -0.4 is 5.43 Å². The third-order valence-electron chi connectivity index (χ3n) is 3.05. The van der Waals surface area contributed by atoms with Gasteiger partial charge >= 0.3 is 0 Å². The minimum Gasteiger partial charge on any atom is -0.272 e. The molecule has 0 fully saturated rings. The summed E-state index contributed by atoms with van der Waals surface area (Å²) in [5.41, 5.74) is 4.32. The van der Waals surface area contributed by atoms with Crippen molar-refractivity contribution in [2.45, 2.75) is 5.03 Å². The van der Waals surface area contributed by atoms with Crippen molar-refractivity contribution in [3.05, 3.63) is 66.5 Å². The average Bonchev–Trinajstić information content (AvgIpc) is 2.61. The number of hydrogen-bond acceptors (Lipinski definition) is 5. The van der Waals surface area contributed by atoms with Gasteiger partial charge in [-0.15, -0.1) is 0 Å². The molecule has 0 aliphatic carbocycles. The van der Waals surface area contributed by atoms with Crippen LogP contribution in [0.5, 0.6) is 0 Å². The Morgan fingerprint density at radius 1 is 1.09 bits per heavy atom. The molecule has 0 spiro atoms. The summed E-state index contributed by atoms with van der Waals surface area (Å²) in [4.78, 5) is 20.3. The molecular formula is C17H14N4OS. The lowest BCUT2D eigenvalue weighted by molar-refractivity contribution is -0.118. The summed E-state index contributed by atoms with van der Waals surface area (Å²) in [6, 6.07) is 17.3. The highest BCUT2D eigenvalue weighted by Crippen LogP contribution is 2.23. The second-order valence-corrected chi connectivity index (χ2v) is 5.65. The summed E-state index contributed by atoms with van der Waals surface area (Å²) in [5, 5.41) is 5.68. The van der Waals surface area contributed by atoms with Gasteiger partial charge < -0.3 is 0 Å². The van der Waals surface area contributed by atoms with Gasteiger partial charge in [-0.3, -0.25) is 4.79 Å². The van der Waals surface area contributed by atoms with Crippen LogP contribution in [-0.4, -0.2) is 27.8 Å². The maximum absolute atomic E-state index is 11.9. The van der Waals surface area contributed by atoms with E-state index in [9.17, 15) is 4.79 Å². The molecule has 3 rings (SSSR count). The summed E-state index contributed by atoms with van der Waals surface area (Å²) in [6.45, 7) is 0. The van der Waals surface area contributed by atoms with Gasteiger partial charge in [-0.05, 0) is 11.6 Å². The van der Waals surface area contributed by atoms with Crippen LogP contribution in [0.4, 0.5) is 0 Å². The first-order chi connectivity index (χ1) is 11.3. The van der Waals surface area contributed by atoms with E-state index in [0.29, 0.717) is 0 Å². The van der Waals surface area contributed by atoms with Gasteiger partial charge in [0.2, 0.25) is 5.91 Å². The molecule has 0 aliphatic heterocycles. The van der Waals surface area contributed by atoms with Crippen molar-refractivity contribution in [2.75, 3.05) is 5.75 Å². The smallest absolute Gasteiger partial charge is 0.250 e. The Kier molecular flexibility index (Phi) is 4.95. The topological polar surface area (TPSA) is 67.2 Å². The van der Waals surface area contributed by atoms with Gasteiger partial charge in [0.15, 0.2) is 0 Å². The molecule has 1 N–H and O–H groups in total. The lowest BCUT2D eigenvalue weighted by Crippen LogP contribution is -2.19. The number of amides is 1. The quantitative estimate of drug-likeness (QED) is 0.339. The third-order valence-corrected chi connectivity index (χ3v) is 4.05. The zero-order chi connectivity index (χ0) is 15.9. The molecular weight excluding hydrogens is 308 g/mol. The molecule has 23 heavy (non-hydrogen) atoms. The van der Waals surface area contributed by atoms with E-state index in [4.69, 9.17) is 0 Å². The number of rotatable bonds is 5. The number of carbonyl (C=O) groups is 1. The van der Waals surface area contributed by atoms with Crippen LogP contribution in [0.15, 0.2) is 71.1 Å². The lowest BCUT2D eigenvalue weighted by Gasteiger charge is -2.03. The molecule has 1 amide bonds. The van der Waals surface area contributed by atoms with E-state index in [1.54, 1.807) is 6.21 Å². The summed E-state index contributed by atoms with van der Waals surface area (Å²) >= 11 is 1.37. The standard InChI is InChI=1S/C17H14N4OS/c22-16(21-20-10-13-6-2-1-3-7-13)11-23-17-14-8-4-5-9-15(14)18-12-19-17/h1-10,12H,11H2,(H,21,22)/b20-10+. The summed E-state index contributed by atoms with van der Waals surface area (Å²) in [6.07, 6.45) is 3.12. The van der Waals surface area contributed by atoms with Crippen molar-refractivity contribution in [1.82, 2.24) is 15.4 Å². The van der Waals surface area contributed by atoms with Gasteiger partial charge in [-0.1, -0.05) is 60.3 Å². The number of benzene rings is 2. The van der Waals surface area contributed by atoms with E-state index in [2.05, 4.69) is 20.5 Å². The van der Waals surface area contributed by atoms with Crippen molar-refractivity contribution >= 4 is 34.8 Å².